The second-order valence-electron chi connectivity index (χ2n) is 6.48. The number of carbonyl (C=O) groups is 4. The van der Waals surface area contributed by atoms with Gasteiger partial charge in [-0.15, -0.1) is 0 Å². The molecule has 0 aliphatic heterocycles. The van der Waals surface area contributed by atoms with Gasteiger partial charge in [0.05, 0.1) is 11.4 Å². The van der Waals surface area contributed by atoms with Crippen molar-refractivity contribution in [3.05, 3.63) is 57.6 Å². The minimum atomic E-state index is -0.402. The van der Waals surface area contributed by atoms with E-state index in [0.29, 0.717) is 27.8 Å². The maximum atomic E-state index is 11.7. The van der Waals surface area contributed by atoms with Crippen LogP contribution in [-0.2, 0) is 25.6 Å². The van der Waals surface area contributed by atoms with Crippen molar-refractivity contribution in [2.24, 2.45) is 0 Å². The van der Waals surface area contributed by atoms with Crippen molar-refractivity contribution in [1.29, 1.82) is 0 Å². The van der Waals surface area contributed by atoms with Crippen LogP contribution in [0.1, 0.15) is 38.8 Å². The van der Waals surface area contributed by atoms with Crippen molar-refractivity contribution in [1.82, 2.24) is 0 Å². The van der Waals surface area contributed by atoms with Crippen LogP contribution in [0.2, 0.25) is 10.0 Å². The molecule has 4 amide bonds. The molecular weight excluding hydrogens is 415 g/mol. The quantitative estimate of drug-likeness (QED) is 0.714. The molecule has 0 saturated heterocycles. The summed E-state index contributed by atoms with van der Waals surface area (Å²) in [4.78, 5) is 48.8. The Kier molecular flexibility index (Phi) is 7.16. The molecule has 152 valence electrons. The fourth-order valence-corrected chi connectivity index (χ4v) is 3.50. The molecule has 0 aliphatic carbocycles. The summed E-state index contributed by atoms with van der Waals surface area (Å²) in [5.74, 6) is -1.61. The van der Waals surface area contributed by atoms with Crippen molar-refractivity contribution < 1.29 is 19.2 Å². The van der Waals surface area contributed by atoms with Gasteiger partial charge in [-0.3, -0.25) is 29.0 Å². The molecule has 2 aromatic carbocycles. The van der Waals surface area contributed by atoms with Gasteiger partial charge >= 0.3 is 0 Å². The molecule has 0 aliphatic rings. The number of amides is 4. The van der Waals surface area contributed by atoms with Crippen LogP contribution >= 0.6 is 23.2 Å². The molecular formula is C21H20Cl2N2O4. The van der Waals surface area contributed by atoms with Crippen LogP contribution in [0.5, 0.6) is 0 Å². The number of carbonyl (C=O) groups excluding carboxylic acids is 4. The van der Waals surface area contributed by atoms with Crippen LogP contribution in [0.3, 0.4) is 0 Å². The molecule has 0 radical (unpaired) electrons. The molecule has 2 aromatic rings. The first-order valence-corrected chi connectivity index (χ1v) is 9.48. The van der Waals surface area contributed by atoms with E-state index in [0.717, 1.165) is 20.9 Å². The zero-order chi connectivity index (χ0) is 21.9. The lowest BCUT2D eigenvalue weighted by molar-refractivity contribution is -0.125. The number of imide groups is 2. The molecule has 0 N–H and O–H groups in total. The van der Waals surface area contributed by atoms with Crippen molar-refractivity contribution in [2.75, 3.05) is 9.80 Å². The van der Waals surface area contributed by atoms with E-state index in [2.05, 4.69) is 0 Å². The fraction of sp³-hybridized carbons (Fsp3) is 0.238. The highest BCUT2D eigenvalue weighted by Crippen LogP contribution is 2.30. The number of hydrogen-bond acceptors (Lipinski definition) is 4. The molecule has 0 saturated carbocycles. The van der Waals surface area contributed by atoms with Gasteiger partial charge in [-0.1, -0.05) is 35.3 Å². The minimum Gasteiger partial charge on any atom is -0.274 e. The lowest BCUT2D eigenvalue weighted by Crippen LogP contribution is -2.33. The van der Waals surface area contributed by atoms with Gasteiger partial charge in [0.1, 0.15) is 0 Å². The van der Waals surface area contributed by atoms with Gasteiger partial charge in [0.25, 0.3) is 0 Å². The van der Waals surface area contributed by atoms with Gasteiger partial charge in [-0.25, -0.2) is 0 Å². The molecule has 0 fully saturated rings. The monoisotopic (exact) mass is 434 g/mol. The van der Waals surface area contributed by atoms with Crippen molar-refractivity contribution in [3.8, 4) is 0 Å². The van der Waals surface area contributed by atoms with E-state index in [9.17, 15) is 19.2 Å². The predicted molar refractivity (Wildman–Crippen MR) is 113 cm³/mol. The van der Waals surface area contributed by atoms with Crippen LogP contribution in [0.25, 0.3) is 0 Å². The number of halogens is 2. The molecule has 29 heavy (non-hydrogen) atoms. The molecule has 0 heterocycles. The first-order chi connectivity index (χ1) is 13.5. The third kappa shape index (κ3) is 5.22. The van der Waals surface area contributed by atoms with E-state index in [1.54, 1.807) is 36.4 Å². The van der Waals surface area contributed by atoms with Gasteiger partial charge in [0.2, 0.25) is 23.6 Å². The van der Waals surface area contributed by atoms with Gasteiger partial charge in [0, 0.05) is 44.2 Å². The lowest BCUT2D eigenvalue weighted by atomic mass is 10.0. The molecule has 8 heteroatoms. The Balaban J connectivity index is 2.33. The Labute approximate surface area is 179 Å². The van der Waals surface area contributed by atoms with E-state index < -0.39 is 23.6 Å². The highest BCUT2D eigenvalue weighted by molar-refractivity contribution is 6.33. The molecule has 2 rings (SSSR count). The zero-order valence-corrected chi connectivity index (χ0v) is 18.0. The highest BCUT2D eigenvalue weighted by Gasteiger charge is 2.19. The van der Waals surface area contributed by atoms with E-state index in [1.807, 2.05) is 0 Å². The average molecular weight is 435 g/mol. The highest BCUT2D eigenvalue weighted by atomic mass is 35.5. The first kappa shape index (κ1) is 22.6. The standard InChI is InChI=1S/C21H20Cl2N2O4/c1-12(26)24(13(2)27)18-7-5-16(20(22)10-18)9-17-6-8-19(11-21(17)23)25(14(3)28)15(4)29/h5-8,10-11H,9H2,1-4H3. The number of hydrogen-bond donors (Lipinski definition) is 0. The minimum absolute atomic E-state index is 0.379. The largest absolute Gasteiger partial charge is 0.274 e. The van der Waals surface area contributed by atoms with Crippen molar-refractivity contribution in [3.63, 3.8) is 0 Å². The van der Waals surface area contributed by atoms with E-state index in [1.165, 1.54) is 27.7 Å². The second kappa shape index (κ2) is 9.20. The third-order valence-corrected chi connectivity index (χ3v) is 4.93. The Bertz CT molecular complexity index is 897. The molecule has 0 spiro atoms. The maximum absolute atomic E-state index is 11.7. The Morgan fingerprint density at radius 2 is 0.966 bits per heavy atom. The summed E-state index contributed by atoms with van der Waals surface area (Å²) in [5.41, 5.74) is 2.26. The van der Waals surface area contributed by atoms with Crippen LogP contribution < -0.4 is 9.80 Å². The summed E-state index contributed by atoms with van der Waals surface area (Å²) in [5, 5.41) is 0.758. The van der Waals surface area contributed by atoms with E-state index >= 15 is 0 Å². The molecule has 6 nitrogen and oxygen atoms in total. The maximum Gasteiger partial charge on any atom is 0.230 e. The van der Waals surface area contributed by atoms with Crippen LogP contribution in [0.15, 0.2) is 36.4 Å². The zero-order valence-electron chi connectivity index (χ0n) is 16.5. The SMILES string of the molecule is CC(=O)N(C(C)=O)c1ccc(Cc2ccc(N(C(C)=O)C(C)=O)cc2Cl)c(Cl)c1. The molecule has 0 aromatic heterocycles. The number of benzene rings is 2. The number of rotatable bonds is 4. The third-order valence-electron chi connectivity index (χ3n) is 4.23. The van der Waals surface area contributed by atoms with Gasteiger partial charge in [-0.05, 0) is 35.4 Å². The average Bonchev–Trinajstić information content (AvgIpc) is 2.58. The van der Waals surface area contributed by atoms with Crippen LogP contribution in [0.4, 0.5) is 11.4 Å². The first-order valence-electron chi connectivity index (χ1n) is 8.72. The van der Waals surface area contributed by atoms with Crippen molar-refractivity contribution >= 4 is 58.2 Å². The summed E-state index contributed by atoms with van der Waals surface area (Å²) < 4.78 is 0. The molecule has 0 bridgehead atoms. The summed E-state index contributed by atoms with van der Waals surface area (Å²) in [7, 11) is 0. The van der Waals surface area contributed by atoms with E-state index in [-0.39, 0.29) is 0 Å². The summed E-state index contributed by atoms with van der Waals surface area (Å²) in [6.07, 6.45) is 0.387. The van der Waals surface area contributed by atoms with E-state index in [4.69, 9.17) is 23.2 Å². The molecule has 0 unspecified atom stereocenters. The lowest BCUT2D eigenvalue weighted by Gasteiger charge is -2.19. The van der Waals surface area contributed by atoms with Gasteiger partial charge in [0.15, 0.2) is 0 Å². The second-order valence-corrected chi connectivity index (χ2v) is 7.29. The molecule has 0 atom stereocenters. The Hall–Kier alpha value is -2.70. The Morgan fingerprint density at radius 3 is 1.21 bits per heavy atom. The van der Waals surface area contributed by atoms with Gasteiger partial charge in [-0.2, -0.15) is 0 Å². The number of anilines is 2. The smallest absolute Gasteiger partial charge is 0.230 e. The fourth-order valence-electron chi connectivity index (χ4n) is 3.01. The van der Waals surface area contributed by atoms with Crippen molar-refractivity contribution in [2.45, 2.75) is 34.1 Å². The summed E-state index contributed by atoms with van der Waals surface area (Å²) in [6, 6.07) is 9.82. The summed E-state index contributed by atoms with van der Waals surface area (Å²) >= 11 is 12.7. The summed E-state index contributed by atoms with van der Waals surface area (Å²) in [6.45, 7) is 5.21. The Morgan fingerprint density at radius 1 is 0.655 bits per heavy atom. The van der Waals surface area contributed by atoms with Crippen LogP contribution in [-0.4, -0.2) is 23.6 Å². The topological polar surface area (TPSA) is 74.8 Å². The normalized spacial score (nSPS) is 10.4. The predicted octanol–water partition coefficient (Wildman–Crippen LogP) is 4.38. The van der Waals surface area contributed by atoms with Gasteiger partial charge < -0.3 is 0 Å². The van der Waals surface area contributed by atoms with Crippen LogP contribution in [0, 0.1) is 0 Å². The number of nitrogens with zero attached hydrogens (tertiary/aromatic N) is 2.